The maximum absolute atomic E-state index is 12.4. The van der Waals surface area contributed by atoms with Gasteiger partial charge in [-0.15, -0.1) is 0 Å². The molecule has 10 heteroatoms. The number of urea groups is 1. The predicted molar refractivity (Wildman–Crippen MR) is 102 cm³/mol. The highest BCUT2D eigenvalue weighted by Crippen LogP contribution is 2.18. The first-order valence-electron chi connectivity index (χ1n) is 8.49. The number of carbonyl (C=O) groups excluding carboxylic acids is 3. The largest absolute Gasteiger partial charge is 0.405 e. The van der Waals surface area contributed by atoms with Crippen LogP contribution in [0.4, 0.5) is 29.3 Å². The average Bonchev–Trinajstić information content (AvgIpc) is 2.66. The molecule has 7 nitrogen and oxygen atoms in total. The van der Waals surface area contributed by atoms with Crippen LogP contribution >= 0.6 is 0 Å². The first kappa shape index (κ1) is 21.7. The van der Waals surface area contributed by atoms with Crippen molar-refractivity contribution in [1.29, 1.82) is 0 Å². The number of imide groups is 1. The molecule has 0 spiro atoms. The number of aryl methyl sites for hydroxylation is 1. The average molecular weight is 408 g/mol. The summed E-state index contributed by atoms with van der Waals surface area (Å²) in [6.07, 6.45) is -4.57. The van der Waals surface area contributed by atoms with Crippen LogP contribution in [0.15, 0.2) is 48.5 Å². The fourth-order valence-electron chi connectivity index (χ4n) is 2.25. The lowest BCUT2D eigenvalue weighted by atomic mass is 10.1. The Balaban J connectivity index is 1.92. The second-order valence-corrected chi connectivity index (χ2v) is 6.05. The van der Waals surface area contributed by atoms with E-state index in [4.69, 9.17) is 0 Å². The Hall–Kier alpha value is -3.56. The SMILES string of the molecule is Cc1ccc(C(=O)Nc2ccccc2)cc1NCC(=O)NC(=O)NCC(F)(F)F. The normalized spacial score (nSPS) is 10.8. The molecule has 2 rings (SSSR count). The molecule has 0 radical (unpaired) electrons. The predicted octanol–water partition coefficient (Wildman–Crippen LogP) is 3.05. The summed E-state index contributed by atoms with van der Waals surface area (Å²) in [5.41, 5.74) is 2.16. The first-order valence-corrected chi connectivity index (χ1v) is 8.49. The van der Waals surface area contributed by atoms with Gasteiger partial charge in [-0.3, -0.25) is 14.9 Å². The molecule has 0 bridgehead atoms. The van der Waals surface area contributed by atoms with Crippen LogP contribution in [0.5, 0.6) is 0 Å². The summed E-state index contributed by atoms with van der Waals surface area (Å²) in [5.74, 6) is -1.18. The minimum atomic E-state index is -4.57. The molecule has 0 aromatic heterocycles. The van der Waals surface area contributed by atoms with E-state index >= 15 is 0 Å². The van der Waals surface area contributed by atoms with Crippen LogP contribution in [0.1, 0.15) is 15.9 Å². The van der Waals surface area contributed by atoms with Gasteiger partial charge in [-0.1, -0.05) is 24.3 Å². The number of alkyl halides is 3. The summed E-state index contributed by atoms with van der Waals surface area (Å²) >= 11 is 0. The van der Waals surface area contributed by atoms with E-state index in [9.17, 15) is 27.6 Å². The van der Waals surface area contributed by atoms with E-state index in [1.165, 1.54) is 11.4 Å². The van der Waals surface area contributed by atoms with Crippen molar-refractivity contribution in [3.63, 3.8) is 0 Å². The number of rotatable bonds is 6. The van der Waals surface area contributed by atoms with Crippen LogP contribution in [0, 0.1) is 6.92 Å². The summed E-state index contributed by atoms with van der Waals surface area (Å²) in [4.78, 5) is 35.4. The van der Waals surface area contributed by atoms with E-state index in [-0.39, 0.29) is 12.5 Å². The van der Waals surface area contributed by atoms with Gasteiger partial charge in [-0.2, -0.15) is 13.2 Å². The summed E-state index contributed by atoms with van der Waals surface area (Å²) < 4.78 is 36.1. The molecule has 0 aliphatic carbocycles. The molecule has 2 aromatic carbocycles. The molecular weight excluding hydrogens is 389 g/mol. The van der Waals surface area contributed by atoms with Crippen molar-refractivity contribution in [3.8, 4) is 0 Å². The molecule has 0 saturated carbocycles. The molecule has 154 valence electrons. The van der Waals surface area contributed by atoms with Crippen molar-refractivity contribution in [2.45, 2.75) is 13.1 Å². The van der Waals surface area contributed by atoms with Crippen LogP contribution in [0.3, 0.4) is 0 Å². The van der Waals surface area contributed by atoms with E-state index in [0.29, 0.717) is 16.9 Å². The number of hydrogen-bond acceptors (Lipinski definition) is 4. The lowest BCUT2D eigenvalue weighted by molar-refractivity contribution is -0.124. The van der Waals surface area contributed by atoms with Gasteiger partial charge in [0, 0.05) is 16.9 Å². The second kappa shape index (κ2) is 9.58. The van der Waals surface area contributed by atoms with Crippen molar-refractivity contribution in [2.24, 2.45) is 0 Å². The van der Waals surface area contributed by atoms with Crippen molar-refractivity contribution in [3.05, 3.63) is 59.7 Å². The van der Waals surface area contributed by atoms with Gasteiger partial charge in [0.1, 0.15) is 6.54 Å². The van der Waals surface area contributed by atoms with E-state index in [1.54, 1.807) is 48.6 Å². The van der Waals surface area contributed by atoms with Gasteiger partial charge in [0.15, 0.2) is 0 Å². The molecule has 4 amide bonds. The molecule has 0 aliphatic heterocycles. The van der Waals surface area contributed by atoms with E-state index < -0.39 is 24.7 Å². The number of amides is 4. The number of hydrogen-bond donors (Lipinski definition) is 4. The summed E-state index contributed by atoms with van der Waals surface area (Å²) in [6, 6.07) is 12.4. The highest BCUT2D eigenvalue weighted by Gasteiger charge is 2.27. The van der Waals surface area contributed by atoms with Gasteiger partial charge in [-0.05, 0) is 36.8 Å². The zero-order chi connectivity index (χ0) is 21.4. The van der Waals surface area contributed by atoms with Crippen molar-refractivity contribution in [1.82, 2.24) is 10.6 Å². The Kier molecular flexibility index (Phi) is 7.18. The lowest BCUT2D eigenvalue weighted by Crippen LogP contribution is -2.45. The standard InChI is InChI=1S/C19H19F3N4O3/c1-12-7-8-13(17(28)25-14-5-3-2-4-6-14)9-15(12)23-10-16(27)26-18(29)24-11-19(20,21)22/h2-9,23H,10-11H2,1H3,(H,25,28)(H2,24,26,27,29). The molecule has 2 aromatic rings. The topological polar surface area (TPSA) is 99.3 Å². The smallest absolute Gasteiger partial charge is 0.376 e. The zero-order valence-corrected chi connectivity index (χ0v) is 15.4. The third-order valence-corrected chi connectivity index (χ3v) is 3.67. The Labute approximate surface area is 164 Å². The Morgan fingerprint density at radius 2 is 1.69 bits per heavy atom. The summed E-state index contributed by atoms with van der Waals surface area (Å²) in [7, 11) is 0. The number of carbonyl (C=O) groups is 3. The maximum atomic E-state index is 12.4. The van der Waals surface area contributed by atoms with Crippen LogP contribution in [-0.2, 0) is 4.79 Å². The Morgan fingerprint density at radius 1 is 1.00 bits per heavy atom. The van der Waals surface area contributed by atoms with Gasteiger partial charge in [-0.25, -0.2) is 4.79 Å². The molecule has 0 aliphatic rings. The fraction of sp³-hybridized carbons (Fsp3) is 0.211. The minimum absolute atomic E-state index is 0.338. The Bertz CT molecular complexity index is 886. The van der Waals surface area contributed by atoms with Crippen LogP contribution in [0.2, 0.25) is 0 Å². The van der Waals surface area contributed by atoms with Crippen molar-refractivity contribution in [2.75, 3.05) is 23.7 Å². The number of halogens is 3. The molecule has 0 heterocycles. The van der Waals surface area contributed by atoms with Crippen LogP contribution in [-0.4, -0.2) is 37.1 Å². The third kappa shape index (κ3) is 7.53. The lowest BCUT2D eigenvalue weighted by Gasteiger charge is -2.12. The minimum Gasteiger partial charge on any atom is -0.376 e. The number of para-hydroxylation sites is 1. The quantitative estimate of drug-likeness (QED) is 0.590. The van der Waals surface area contributed by atoms with E-state index in [2.05, 4.69) is 10.6 Å². The maximum Gasteiger partial charge on any atom is 0.405 e. The molecule has 0 saturated heterocycles. The summed E-state index contributed by atoms with van der Waals surface area (Å²) in [5, 5.41) is 8.80. The fourth-order valence-corrected chi connectivity index (χ4v) is 2.25. The van der Waals surface area contributed by atoms with Crippen LogP contribution in [0.25, 0.3) is 0 Å². The van der Waals surface area contributed by atoms with Crippen molar-refractivity contribution >= 4 is 29.2 Å². The van der Waals surface area contributed by atoms with Gasteiger partial charge in [0.25, 0.3) is 5.91 Å². The number of benzene rings is 2. The summed E-state index contributed by atoms with van der Waals surface area (Å²) in [6.45, 7) is -0.170. The van der Waals surface area contributed by atoms with E-state index in [0.717, 1.165) is 5.56 Å². The molecule has 29 heavy (non-hydrogen) atoms. The monoisotopic (exact) mass is 408 g/mol. The molecule has 0 atom stereocenters. The van der Waals surface area contributed by atoms with Gasteiger partial charge in [0.05, 0.1) is 6.54 Å². The third-order valence-electron chi connectivity index (χ3n) is 3.67. The highest BCUT2D eigenvalue weighted by molar-refractivity contribution is 6.05. The first-order chi connectivity index (χ1) is 13.6. The van der Waals surface area contributed by atoms with Gasteiger partial charge >= 0.3 is 12.2 Å². The van der Waals surface area contributed by atoms with Gasteiger partial charge in [0.2, 0.25) is 5.91 Å². The molecule has 0 unspecified atom stereocenters. The van der Waals surface area contributed by atoms with E-state index in [1.807, 2.05) is 6.07 Å². The van der Waals surface area contributed by atoms with Crippen LogP contribution < -0.4 is 21.3 Å². The van der Waals surface area contributed by atoms with Gasteiger partial charge < -0.3 is 16.0 Å². The van der Waals surface area contributed by atoms with Crippen molar-refractivity contribution < 1.29 is 27.6 Å². The second-order valence-electron chi connectivity index (χ2n) is 6.05. The number of nitrogens with one attached hydrogen (secondary N) is 4. The Morgan fingerprint density at radius 3 is 2.34 bits per heavy atom. The highest BCUT2D eigenvalue weighted by atomic mass is 19.4. The zero-order valence-electron chi connectivity index (χ0n) is 15.4. The number of anilines is 2. The molecule has 4 N–H and O–H groups in total. The molecular formula is C19H19F3N4O3. The molecule has 0 fully saturated rings.